The lowest BCUT2D eigenvalue weighted by atomic mass is 10.1. The monoisotopic (exact) mass is 273 g/mol. The molecule has 0 N–H and O–H groups in total. The molecule has 104 valence electrons. The maximum Gasteiger partial charge on any atom is 0.274 e. The van der Waals surface area contributed by atoms with Crippen molar-refractivity contribution in [2.75, 3.05) is 7.05 Å². The van der Waals surface area contributed by atoms with Gasteiger partial charge in [0.25, 0.3) is 5.91 Å². The predicted molar refractivity (Wildman–Crippen MR) is 73.7 cm³/mol. The summed E-state index contributed by atoms with van der Waals surface area (Å²) in [6.07, 6.45) is 3.02. The van der Waals surface area contributed by atoms with E-state index in [1.165, 1.54) is 18.3 Å². The smallest absolute Gasteiger partial charge is 0.274 e. The second-order valence-electron chi connectivity index (χ2n) is 4.69. The molecular formula is C15H16FN3O. The SMILES string of the molecule is Cc1cnc(C(=O)N(C)C(C)c2ccc(F)cc2)cn1. The summed E-state index contributed by atoms with van der Waals surface area (Å²) in [5, 5.41) is 0. The third kappa shape index (κ3) is 2.99. The molecule has 5 heteroatoms. The van der Waals surface area contributed by atoms with E-state index in [0.717, 1.165) is 11.3 Å². The molecule has 1 aromatic heterocycles. The minimum Gasteiger partial charge on any atom is -0.334 e. The van der Waals surface area contributed by atoms with Crippen LogP contribution in [0.1, 0.15) is 34.7 Å². The van der Waals surface area contributed by atoms with Crippen molar-refractivity contribution in [2.24, 2.45) is 0 Å². The van der Waals surface area contributed by atoms with Gasteiger partial charge in [0.05, 0.1) is 17.9 Å². The van der Waals surface area contributed by atoms with E-state index >= 15 is 0 Å². The standard InChI is InChI=1S/C15H16FN3O/c1-10-8-18-14(9-17-10)15(20)19(3)11(2)12-4-6-13(16)7-5-12/h4-9,11H,1-3H3. The van der Waals surface area contributed by atoms with Crippen LogP contribution < -0.4 is 0 Å². The van der Waals surface area contributed by atoms with Crippen LogP contribution in [0.2, 0.25) is 0 Å². The van der Waals surface area contributed by atoms with Gasteiger partial charge >= 0.3 is 0 Å². The van der Waals surface area contributed by atoms with Crippen LogP contribution in [0.25, 0.3) is 0 Å². The zero-order valence-corrected chi connectivity index (χ0v) is 11.7. The van der Waals surface area contributed by atoms with E-state index in [1.807, 2.05) is 13.8 Å². The lowest BCUT2D eigenvalue weighted by Crippen LogP contribution is -2.30. The van der Waals surface area contributed by atoms with Crippen LogP contribution in [-0.4, -0.2) is 27.8 Å². The van der Waals surface area contributed by atoms with Crippen molar-refractivity contribution in [1.82, 2.24) is 14.9 Å². The molecule has 0 aliphatic rings. The van der Waals surface area contributed by atoms with Gasteiger partial charge in [-0.05, 0) is 31.5 Å². The Morgan fingerprint density at radius 1 is 1.20 bits per heavy atom. The van der Waals surface area contributed by atoms with Gasteiger partial charge < -0.3 is 4.90 Å². The molecule has 1 aromatic carbocycles. The Hall–Kier alpha value is -2.30. The van der Waals surface area contributed by atoms with Crippen molar-refractivity contribution in [3.05, 3.63) is 59.4 Å². The number of aromatic nitrogens is 2. The minimum absolute atomic E-state index is 0.175. The average Bonchev–Trinajstić information content (AvgIpc) is 2.46. The molecule has 0 spiro atoms. The first kappa shape index (κ1) is 14.1. The van der Waals surface area contributed by atoms with Crippen molar-refractivity contribution >= 4 is 5.91 Å². The summed E-state index contributed by atoms with van der Waals surface area (Å²) >= 11 is 0. The molecular weight excluding hydrogens is 257 g/mol. The molecule has 0 saturated heterocycles. The van der Waals surface area contributed by atoms with Gasteiger partial charge in [0.1, 0.15) is 11.5 Å². The van der Waals surface area contributed by atoms with Gasteiger partial charge in [-0.2, -0.15) is 0 Å². The molecule has 0 saturated carbocycles. The van der Waals surface area contributed by atoms with E-state index in [4.69, 9.17) is 0 Å². The van der Waals surface area contributed by atoms with Gasteiger partial charge in [0, 0.05) is 13.2 Å². The number of aryl methyl sites for hydroxylation is 1. The summed E-state index contributed by atoms with van der Waals surface area (Å²) in [7, 11) is 1.69. The predicted octanol–water partition coefficient (Wildman–Crippen LogP) is 2.76. The molecule has 0 bridgehead atoms. The lowest BCUT2D eigenvalue weighted by Gasteiger charge is -2.25. The number of rotatable bonds is 3. The van der Waals surface area contributed by atoms with Gasteiger partial charge in [0.2, 0.25) is 0 Å². The van der Waals surface area contributed by atoms with Gasteiger partial charge in [-0.1, -0.05) is 12.1 Å². The van der Waals surface area contributed by atoms with Crippen molar-refractivity contribution in [1.29, 1.82) is 0 Å². The van der Waals surface area contributed by atoms with Crippen LogP contribution in [0.5, 0.6) is 0 Å². The Balaban J connectivity index is 2.17. The van der Waals surface area contributed by atoms with E-state index in [9.17, 15) is 9.18 Å². The summed E-state index contributed by atoms with van der Waals surface area (Å²) in [5.41, 5.74) is 1.92. The molecule has 0 fully saturated rings. The first-order valence-electron chi connectivity index (χ1n) is 6.30. The van der Waals surface area contributed by atoms with E-state index in [-0.39, 0.29) is 17.8 Å². The molecule has 1 amide bonds. The van der Waals surface area contributed by atoms with Crippen LogP contribution in [0.4, 0.5) is 4.39 Å². The van der Waals surface area contributed by atoms with E-state index in [0.29, 0.717) is 5.69 Å². The minimum atomic E-state index is -0.292. The number of carbonyl (C=O) groups excluding carboxylic acids is 1. The average molecular weight is 273 g/mol. The van der Waals surface area contributed by atoms with E-state index in [1.54, 1.807) is 30.3 Å². The molecule has 2 aromatic rings. The highest BCUT2D eigenvalue weighted by Gasteiger charge is 2.20. The van der Waals surface area contributed by atoms with Gasteiger partial charge in [-0.15, -0.1) is 0 Å². The van der Waals surface area contributed by atoms with Crippen molar-refractivity contribution in [3.8, 4) is 0 Å². The maximum absolute atomic E-state index is 12.9. The summed E-state index contributed by atoms with van der Waals surface area (Å²) in [6, 6.07) is 5.94. The summed E-state index contributed by atoms with van der Waals surface area (Å²) in [6.45, 7) is 3.69. The molecule has 1 unspecified atom stereocenters. The molecule has 20 heavy (non-hydrogen) atoms. The zero-order chi connectivity index (χ0) is 14.7. The normalized spacial score (nSPS) is 12.0. The highest BCUT2D eigenvalue weighted by atomic mass is 19.1. The Morgan fingerprint density at radius 3 is 2.40 bits per heavy atom. The third-order valence-electron chi connectivity index (χ3n) is 3.25. The molecule has 0 aliphatic carbocycles. The Bertz CT molecular complexity index is 596. The fourth-order valence-corrected chi connectivity index (χ4v) is 1.82. The Morgan fingerprint density at radius 2 is 1.85 bits per heavy atom. The fraction of sp³-hybridized carbons (Fsp3) is 0.267. The highest BCUT2D eigenvalue weighted by molar-refractivity contribution is 5.92. The van der Waals surface area contributed by atoms with E-state index < -0.39 is 0 Å². The molecule has 1 heterocycles. The summed E-state index contributed by atoms with van der Waals surface area (Å²) < 4.78 is 12.9. The first-order valence-corrected chi connectivity index (χ1v) is 6.30. The lowest BCUT2D eigenvalue weighted by molar-refractivity contribution is 0.0736. The van der Waals surface area contributed by atoms with Crippen molar-refractivity contribution in [2.45, 2.75) is 19.9 Å². The fourth-order valence-electron chi connectivity index (χ4n) is 1.82. The van der Waals surface area contributed by atoms with Crippen LogP contribution in [-0.2, 0) is 0 Å². The number of halogens is 1. The molecule has 0 aliphatic heterocycles. The van der Waals surface area contributed by atoms with Crippen LogP contribution in [0.15, 0.2) is 36.7 Å². The largest absolute Gasteiger partial charge is 0.334 e. The number of carbonyl (C=O) groups is 1. The summed E-state index contributed by atoms with van der Waals surface area (Å²) in [5.74, 6) is -0.506. The maximum atomic E-state index is 12.9. The van der Waals surface area contributed by atoms with Crippen LogP contribution in [0.3, 0.4) is 0 Å². The second-order valence-corrected chi connectivity index (χ2v) is 4.69. The number of benzene rings is 1. The molecule has 4 nitrogen and oxygen atoms in total. The quantitative estimate of drug-likeness (QED) is 0.863. The van der Waals surface area contributed by atoms with Crippen LogP contribution in [0, 0.1) is 12.7 Å². The second kappa shape index (κ2) is 5.77. The van der Waals surface area contributed by atoms with Gasteiger partial charge in [0.15, 0.2) is 0 Å². The highest BCUT2D eigenvalue weighted by Crippen LogP contribution is 2.20. The van der Waals surface area contributed by atoms with Crippen molar-refractivity contribution in [3.63, 3.8) is 0 Å². The molecule has 2 rings (SSSR count). The first-order chi connectivity index (χ1) is 9.49. The van der Waals surface area contributed by atoms with Gasteiger partial charge in [-0.25, -0.2) is 9.37 Å². The number of hydrogen-bond acceptors (Lipinski definition) is 3. The Kier molecular flexibility index (Phi) is 4.08. The number of hydrogen-bond donors (Lipinski definition) is 0. The number of nitrogens with zero attached hydrogens (tertiary/aromatic N) is 3. The Labute approximate surface area is 117 Å². The van der Waals surface area contributed by atoms with Gasteiger partial charge in [-0.3, -0.25) is 9.78 Å². The van der Waals surface area contributed by atoms with E-state index in [2.05, 4.69) is 9.97 Å². The third-order valence-corrected chi connectivity index (χ3v) is 3.25. The molecule has 0 radical (unpaired) electrons. The topological polar surface area (TPSA) is 46.1 Å². The van der Waals surface area contributed by atoms with Crippen LogP contribution >= 0.6 is 0 Å². The number of amides is 1. The molecule has 1 atom stereocenters. The summed E-state index contributed by atoms with van der Waals surface area (Å²) in [4.78, 5) is 22.0. The van der Waals surface area contributed by atoms with Crippen molar-refractivity contribution < 1.29 is 9.18 Å². The zero-order valence-electron chi connectivity index (χ0n) is 11.7.